The fraction of sp³-hybridized carbons (Fsp3) is 0.273. The molecule has 10 heteroatoms. The quantitative estimate of drug-likeness (QED) is 0.422. The zero-order valence-corrected chi connectivity index (χ0v) is 18.0. The standard InChI is InChI=1S/C22H22N8O2/c1-11-7-8-15(9-12(11)2)30-22(32)18(13(3)27-30)23-24-19-16-6-4-5-14(16)10-17(20(19)31)21-25-28-29-26-21/h7-10,27,31H,4-6H2,1-3H3,(H,25,26,28,29). The van der Waals surface area contributed by atoms with Gasteiger partial charge in [0.1, 0.15) is 5.69 Å². The number of aromatic hydroxyl groups is 1. The maximum absolute atomic E-state index is 13.1. The Bertz CT molecular complexity index is 1410. The van der Waals surface area contributed by atoms with E-state index in [-0.39, 0.29) is 22.8 Å². The highest BCUT2D eigenvalue weighted by molar-refractivity contribution is 5.76. The molecule has 0 spiro atoms. The monoisotopic (exact) mass is 430 g/mol. The van der Waals surface area contributed by atoms with Gasteiger partial charge in [-0.3, -0.25) is 9.89 Å². The molecule has 1 aliphatic rings. The van der Waals surface area contributed by atoms with Crippen molar-refractivity contribution in [2.75, 3.05) is 0 Å². The normalized spacial score (nSPS) is 13.2. The van der Waals surface area contributed by atoms with Crippen LogP contribution in [0.15, 0.2) is 39.3 Å². The van der Waals surface area contributed by atoms with Gasteiger partial charge in [0.15, 0.2) is 11.4 Å². The molecule has 162 valence electrons. The molecule has 4 aromatic rings. The molecule has 0 atom stereocenters. The van der Waals surface area contributed by atoms with Gasteiger partial charge in [-0.25, -0.2) is 4.68 Å². The van der Waals surface area contributed by atoms with Crippen LogP contribution < -0.4 is 5.56 Å². The van der Waals surface area contributed by atoms with Crippen LogP contribution in [0.2, 0.25) is 0 Å². The van der Waals surface area contributed by atoms with Gasteiger partial charge in [-0.1, -0.05) is 6.07 Å². The fourth-order valence-electron chi connectivity index (χ4n) is 4.07. The smallest absolute Gasteiger partial charge is 0.299 e. The Hall–Kier alpha value is -4.08. The van der Waals surface area contributed by atoms with Gasteiger partial charge in [-0.05, 0) is 85.7 Å². The summed E-state index contributed by atoms with van der Waals surface area (Å²) in [4.78, 5) is 13.1. The Morgan fingerprint density at radius 1 is 1.06 bits per heavy atom. The van der Waals surface area contributed by atoms with Gasteiger partial charge in [0.05, 0.1) is 16.9 Å². The van der Waals surface area contributed by atoms with Crippen molar-refractivity contribution in [2.45, 2.75) is 40.0 Å². The Morgan fingerprint density at radius 3 is 2.62 bits per heavy atom. The number of aryl methyl sites for hydroxylation is 4. The Labute approximate surface area is 183 Å². The minimum Gasteiger partial charge on any atom is -0.505 e. The molecule has 5 rings (SSSR count). The van der Waals surface area contributed by atoms with Crippen molar-refractivity contribution in [3.63, 3.8) is 0 Å². The first kappa shape index (κ1) is 19.9. The van der Waals surface area contributed by atoms with Gasteiger partial charge in [-0.15, -0.1) is 20.4 Å². The first-order valence-electron chi connectivity index (χ1n) is 10.4. The van der Waals surface area contributed by atoms with Crippen LogP contribution in [0.4, 0.5) is 11.4 Å². The van der Waals surface area contributed by atoms with Crippen LogP contribution in [0.25, 0.3) is 17.1 Å². The number of rotatable bonds is 4. The zero-order chi connectivity index (χ0) is 22.4. The largest absolute Gasteiger partial charge is 0.505 e. The van der Waals surface area contributed by atoms with Crippen LogP contribution in [-0.4, -0.2) is 35.5 Å². The average Bonchev–Trinajstić information content (AvgIpc) is 3.51. The lowest BCUT2D eigenvalue weighted by Gasteiger charge is -2.09. The molecule has 10 nitrogen and oxygen atoms in total. The summed E-state index contributed by atoms with van der Waals surface area (Å²) >= 11 is 0. The number of benzene rings is 2. The molecule has 32 heavy (non-hydrogen) atoms. The number of nitrogens with one attached hydrogen (secondary N) is 2. The van der Waals surface area contributed by atoms with E-state index in [0.29, 0.717) is 16.9 Å². The number of aromatic amines is 2. The Kier molecular flexibility index (Phi) is 4.69. The lowest BCUT2D eigenvalue weighted by molar-refractivity contribution is 0.477. The zero-order valence-electron chi connectivity index (χ0n) is 18.0. The van der Waals surface area contributed by atoms with E-state index in [1.165, 1.54) is 4.68 Å². The van der Waals surface area contributed by atoms with E-state index < -0.39 is 0 Å². The number of hydrogen-bond acceptors (Lipinski definition) is 7. The van der Waals surface area contributed by atoms with Gasteiger partial charge in [0.25, 0.3) is 5.56 Å². The lowest BCUT2D eigenvalue weighted by Crippen LogP contribution is -2.14. The lowest BCUT2D eigenvalue weighted by atomic mass is 10.0. The first-order chi connectivity index (χ1) is 15.4. The molecular weight excluding hydrogens is 408 g/mol. The van der Waals surface area contributed by atoms with Crippen molar-refractivity contribution in [2.24, 2.45) is 10.2 Å². The average molecular weight is 430 g/mol. The highest BCUT2D eigenvalue weighted by Crippen LogP contribution is 2.44. The molecule has 0 bridgehead atoms. The summed E-state index contributed by atoms with van der Waals surface area (Å²) in [6, 6.07) is 7.67. The second-order valence-electron chi connectivity index (χ2n) is 8.04. The number of phenols is 1. The van der Waals surface area contributed by atoms with Crippen molar-refractivity contribution in [1.29, 1.82) is 0 Å². The second kappa shape index (κ2) is 7.56. The number of aromatic nitrogens is 6. The summed E-state index contributed by atoms with van der Waals surface area (Å²) in [5, 5.41) is 36.5. The van der Waals surface area contributed by atoms with Crippen molar-refractivity contribution < 1.29 is 5.11 Å². The van der Waals surface area contributed by atoms with Gasteiger partial charge in [0, 0.05) is 0 Å². The van der Waals surface area contributed by atoms with Crippen molar-refractivity contribution in [3.8, 4) is 22.8 Å². The minimum absolute atomic E-state index is 0.0709. The molecule has 2 heterocycles. The highest BCUT2D eigenvalue weighted by atomic mass is 16.3. The van der Waals surface area contributed by atoms with E-state index >= 15 is 0 Å². The third-order valence-electron chi connectivity index (χ3n) is 5.97. The summed E-state index contributed by atoms with van der Waals surface area (Å²) in [5.41, 5.74) is 6.21. The molecule has 0 saturated carbocycles. The molecule has 0 fully saturated rings. The minimum atomic E-state index is -0.306. The molecule has 0 amide bonds. The SMILES string of the molecule is Cc1ccc(-n2[nH]c(C)c(N=Nc3c(O)c(-c4nn[nH]n4)cc4c3CCC4)c2=O)cc1C. The molecule has 0 saturated heterocycles. The van der Waals surface area contributed by atoms with E-state index in [4.69, 9.17) is 0 Å². The van der Waals surface area contributed by atoms with E-state index in [2.05, 4.69) is 36.0 Å². The van der Waals surface area contributed by atoms with E-state index in [1.54, 1.807) is 6.92 Å². The predicted octanol–water partition coefficient (Wildman–Crippen LogP) is 3.88. The topological polar surface area (TPSA) is 137 Å². The number of fused-ring (bicyclic) bond motifs is 1. The molecule has 2 aromatic carbocycles. The summed E-state index contributed by atoms with van der Waals surface area (Å²) in [6.45, 7) is 5.79. The Morgan fingerprint density at radius 2 is 1.88 bits per heavy atom. The fourth-order valence-corrected chi connectivity index (χ4v) is 4.07. The maximum atomic E-state index is 13.1. The van der Waals surface area contributed by atoms with E-state index in [9.17, 15) is 9.90 Å². The van der Waals surface area contributed by atoms with Crippen LogP contribution in [0.1, 0.15) is 34.4 Å². The molecule has 0 aliphatic heterocycles. The molecule has 1 aliphatic carbocycles. The second-order valence-corrected chi connectivity index (χ2v) is 8.04. The van der Waals surface area contributed by atoms with Gasteiger partial charge in [0.2, 0.25) is 5.82 Å². The Balaban J connectivity index is 1.59. The molecule has 2 aromatic heterocycles. The van der Waals surface area contributed by atoms with Crippen molar-refractivity contribution >= 4 is 11.4 Å². The van der Waals surface area contributed by atoms with Crippen LogP contribution in [0.5, 0.6) is 5.75 Å². The molecule has 0 radical (unpaired) electrons. The first-order valence-corrected chi connectivity index (χ1v) is 10.4. The highest BCUT2D eigenvalue weighted by Gasteiger charge is 2.24. The number of phenolic OH excluding ortho intramolecular Hbond substituents is 1. The molecule has 0 unspecified atom stereocenters. The van der Waals surface area contributed by atoms with Gasteiger partial charge < -0.3 is 5.11 Å². The van der Waals surface area contributed by atoms with E-state index in [0.717, 1.165) is 47.2 Å². The van der Waals surface area contributed by atoms with Crippen molar-refractivity contribution in [1.82, 2.24) is 30.4 Å². The third-order valence-corrected chi connectivity index (χ3v) is 5.97. The van der Waals surface area contributed by atoms with Crippen LogP contribution >= 0.6 is 0 Å². The van der Waals surface area contributed by atoms with Crippen molar-refractivity contribution in [3.05, 3.63) is 62.6 Å². The van der Waals surface area contributed by atoms with E-state index in [1.807, 2.05) is 38.1 Å². The maximum Gasteiger partial charge on any atom is 0.299 e. The van der Waals surface area contributed by atoms with Crippen LogP contribution in [-0.2, 0) is 12.8 Å². The predicted molar refractivity (Wildman–Crippen MR) is 118 cm³/mol. The number of tetrazole rings is 1. The van der Waals surface area contributed by atoms with Gasteiger partial charge in [-0.2, -0.15) is 5.21 Å². The summed E-state index contributed by atoms with van der Waals surface area (Å²) < 4.78 is 1.45. The number of hydrogen-bond donors (Lipinski definition) is 3. The summed E-state index contributed by atoms with van der Waals surface area (Å²) in [7, 11) is 0. The number of azo groups is 1. The van der Waals surface area contributed by atoms with Crippen LogP contribution in [0.3, 0.4) is 0 Å². The molecule has 3 N–H and O–H groups in total. The third kappa shape index (κ3) is 3.20. The summed E-state index contributed by atoms with van der Waals surface area (Å²) in [5.74, 6) is 0.210. The van der Waals surface area contributed by atoms with Crippen LogP contribution in [0, 0.1) is 20.8 Å². The number of nitrogens with zero attached hydrogens (tertiary/aromatic N) is 6. The molecular formula is C22H22N8O2. The summed E-state index contributed by atoms with van der Waals surface area (Å²) in [6.07, 6.45) is 2.60. The van der Waals surface area contributed by atoms with Gasteiger partial charge >= 0.3 is 0 Å². The number of H-pyrrole nitrogens is 2.